The molecule has 23 heavy (non-hydrogen) atoms. The van der Waals surface area contributed by atoms with Crippen molar-refractivity contribution in [3.63, 3.8) is 0 Å². The third-order valence-electron chi connectivity index (χ3n) is 3.53. The van der Waals surface area contributed by atoms with Gasteiger partial charge in [0.2, 0.25) is 5.28 Å². The first-order valence-corrected chi connectivity index (χ1v) is 7.85. The molecule has 120 valence electrons. The van der Waals surface area contributed by atoms with E-state index in [2.05, 4.69) is 16.9 Å². The van der Waals surface area contributed by atoms with E-state index in [9.17, 15) is 4.79 Å². The van der Waals surface area contributed by atoms with E-state index in [0.29, 0.717) is 5.56 Å². The van der Waals surface area contributed by atoms with Crippen LogP contribution in [0.5, 0.6) is 0 Å². The summed E-state index contributed by atoms with van der Waals surface area (Å²) in [6.45, 7) is 4.06. The number of ether oxygens (including phenoxy) is 1. The molecule has 0 saturated heterocycles. The first-order chi connectivity index (χ1) is 11.1. The smallest absolute Gasteiger partial charge is 0.337 e. The number of hydrogen-bond donors (Lipinski definition) is 0. The first-order valence-electron chi connectivity index (χ1n) is 7.47. The Morgan fingerprint density at radius 2 is 2.13 bits per heavy atom. The van der Waals surface area contributed by atoms with Crippen molar-refractivity contribution >= 4 is 23.1 Å². The molecular formula is C18H19ClN2O2. The molecule has 2 rings (SSSR count). The second kappa shape index (κ2) is 7.88. The van der Waals surface area contributed by atoms with Gasteiger partial charge in [0.15, 0.2) is 0 Å². The van der Waals surface area contributed by atoms with Crippen molar-refractivity contribution in [1.29, 1.82) is 0 Å². The molecule has 0 spiro atoms. The number of allylic oxidation sites excluding steroid dienone is 1. The fourth-order valence-electron chi connectivity index (χ4n) is 2.50. The molecule has 5 heteroatoms. The first kappa shape index (κ1) is 17.2. The molecule has 0 radical (unpaired) electrons. The van der Waals surface area contributed by atoms with Crippen LogP contribution in [0, 0.1) is 0 Å². The van der Waals surface area contributed by atoms with Crippen LogP contribution < -0.4 is 0 Å². The van der Waals surface area contributed by atoms with Crippen LogP contribution in [0.25, 0.3) is 5.57 Å². The molecule has 2 aromatic rings. The van der Waals surface area contributed by atoms with Gasteiger partial charge >= 0.3 is 5.97 Å². The molecule has 0 bridgehead atoms. The number of carbonyl (C=O) groups excluding carboxylic acids is 1. The molecule has 0 aliphatic rings. The summed E-state index contributed by atoms with van der Waals surface area (Å²) in [6, 6.07) is 7.41. The maximum Gasteiger partial charge on any atom is 0.337 e. The molecule has 4 nitrogen and oxygen atoms in total. The van der Waals surface area contributed by atoms with E-state index in [1.54, 1.807) is 12.3 Å². The summed E-state index contributed by atoms with van der Waals surface area (Å²) in [5.74, 6) is -0.332. The van der Waals surface area contributed by atoms with Crippen molar-refractivity contribution in [2.75, 3.05) is 7.11 Å². The number of aryl methyl sites for hydroxylation is 1. The number of carbonyl (C=O) groups is 1. The van der Waals surface area contributed by atoms with Gasteiger partial charge in [0.05, 0.1) is 18.4 Å². The largest absolute Gasteiger partial charge is 0.465 e. The van der Waals surface area contributed by atoms with Crippen LogP contribution in [0.2, 0.25) is 5.28 Å². The van der Waals surface area contributed by atoms with Crippen molar-refractivity contribution in [2.45, 2.75) is 26.7 Å². The van der Waals surface area contributed by atoms with E-state index >= 15 is 0 Å². The molecule has 1 aromatic heterocycles. The molecule has 0 amide bonds. The Morgan fingerprint density at radius 1 is 1.35 bits per heavy atom. The van der Waals surface area contributed by atoms with Gasteiger partial charge in [-0.05, 0) is 54.3 Å². The van der Waals surface area contributed by atoms with Gasteiger partial charge in [-0.3, -0.25) is 0 Å². The molecule has 0 unspecified atom stereocenters. The molecule has 0 saturated carbocycles. The second-order valence-corrected chi connectivity index (χ2v) is 5.36. The van der Waals surface area contributed by atoms with E-state index in [-0.39, 0.29) is 11.3 Å². The lowest BCUT2D eigenvalue weighted by Gasteiger charge is -2.14. The molecule has 0 N–H and O–H groups in total. The zero-order chi connectivity index (χ0) is 16.8. The van der Waals surface area contributed by atoms with E-state index in [1.807, 2.05) is 31.2 Å². The topological polar surface area (TPSA) is 52.1 Å². The normalized spacial score (nSPS) is 11.4. The molecule has 1 aromatic carbocycles. The maximum atomic E-state index is 11.8. The third kappa shape index (κ3) is 3.96. The predicted molar refractivity (Wildman–Crippen MR) is 91.6 cm³/mol. The van der Waals surface area contributed by atoms with Gasteiger partial charge in [0.1, 0.15) is 0 Å². The van der Waals surface area contributed by atoms with Gasteiger partial charge in [0.25, 0.3) is 0 Å². The summed E-state index contributed by atoms with van der Waals surface area (Å²) < 4.78 is 4.80. The van der Waals surface area contributed by atoms with Crippen molar-refractivity contribution in [3.05, 3.63) is 64.2 Å². The summed E-state index contributed by atoms with van der Waals surface area (Å²) in [4.78, 5) is 20.0. The lowest BCUT2D eigenvalue weighted by Crippen LogP contribution is -2.05. The van der Waals surface area contributed by atoms with Gasteiger partial charge in [-0.25, -0.2) is 14.8 Å². The zero-order valence-electron chi connectivity index (χ0n) is 13.5. The highest BCUT2D eigenvalue weighted by molar-refractivity contribution is 6.28. The van der Waals surface area contributed by atoms with Crippen molar-refractivity contribution in [3.8, 4) is 0 Å². The van der Waals surface area contributed by atoms with Crippen LogP contribution in [0.4, 0.5) is 0 Å². The maximum absolute atomic E-state index is 11.8. The quantitative estimate of drug-likeness (QED) is 0.605. The highest BCUT2D eigenvalue weighted by Gasteiger charge is 2.14. The summed E-state index contributed by atoms with van der Waals surface area (Å²) in [6.07, 6.45) is 5.46. The predicted octanol–water partition coefficient (Wildman–Crippen LogP) is 4.32. The summed E-state index contributed by atoms with van der Waals surface area (Å²) in [5.41, 5.74) is 4.40. The van der Waals surface area contributed by atoms with Gasteiger partial charge in [-0.1, -0.05) is 25.5 Å². The number of rotatable bonds is 5. The SMILES string of the molecule is C/C=C(/c1ccnc(Cl)n1)c1ccc(C(=O)OC)cc1CCC. The van der Waals surface area contributed by atoms with Crippen LogP contribution in [0.3, 0.4) is 0 Å². The van der Waals surface area contributed by atoms with Gasteiger partial charge < -0.3 is 4.74 Å². The second-order valence-electron chi connectivity index (χ2n) is 5.03. The zero-order valence-corrected chi connectivity index (χ0v) is 14.2. The summed E-state index contributed by atoms with van der Waals surface area (Å²) in [5, 5.41) is 0.213. The summed E-state index contributed by atoms with van der Waals surface area (Å²) >= 11 is 5.91. The molecular weight excluding hydrogens is 312 g/mol. The Balaban J connectivity index is 2.53. The Hall–Kier alpha value is -2.20. The fraction of sp³-hybridized carbons (Fsp3) is 0.278. The molecule has 0 fully saturated rings. The van der Waals surface area contributed by atoms with Crippen molar-refractivity contribution in [2.24, 2.45) is 0 Å². The molecule has 0 aliphatic heterocycles. The monoisotopic (exact) mass is 330 g/mol. The number of halogens is 1. The van der Waals surface area contributed by atoms with Crippen LogP contribution >= 0.6 is 11.6 Å². The third-order valence-corrected chi connectivity index (χ3v) is 3.71. The van der Waals surface area contributed by atoms with Crippen molar-refractivity contribution < 1.29 is 9.53 Å². The average molecular weight is 331 g/mol. The lowest BCUT2D eigenvalue weighted by molar-refractivity contribution is 0.0600. The highest BCUT2D eigenvalue weighted by Crippen LogP contribution is 2.27. The standard InChI is InChI=1S/C18H19ClN2O2/c1-4-6-12-11-13(17(22)23-3)7-8-15(12)14(5-2)16-9-10-20-18(19)21-16/h5,7-11H,4,6H2,1-3H3/b14-5+. The average Bonchev–Trinajstić information content (AvgIpc) is 2.56. The van der Waals surface area contributed by atoms with E-state index in [0.717, 1.165) is 35.2 Å². The Bertz CT molecular complexity index is 742. The number of nitrogens with zero attached hydrogens (tertiary/aromatic N) is 2. The van der Waals surface area contributed by atoms with Crippen LogP contribution in [-0.4, -0.2) is 23.0 Å². The minimum Gasteiger partial charge on any atom is -0.465 e. The number of esters is 1. The minimum atomic E-state index is -0.332. The molecule has 1 heterocycles. The van der Waals surface area contributed by atoms with E-state index < -0.39 is 0 Å². The van der Waals surface area contributed by atoms with Gasteiger partial charge in [-0.2, -0.15) is 0 Å². The van der Waals surface area contributed by atoms with Crippen LogP contribution in [-0.2, 0) is 11.2 Å². The molecule has 0 aliphatic carbocycles. The number of hydrogen-bond acceptors (Lipinski definition) is 4. The number of aromatic nitrogens is 2. The van der Waals surface area contributed by atoms with Crippen molar-refractivity contribution in [1.82, 2.24) is 9.97 Å². The Morgan fingerprint density at radius 3 is 2.74 bits per heavy atom. The number of benzene rings is 1. The van der Waals surface area contributed by atoms with Gasteiger partial charge in [-0.15, -0.1) is 0 Å². The minimum absolute atomic E-state index is 0.213. The number of methoxy groups -OCH3 is 1. The van der Waals surface area contributed by atoms with E-state index in [4.69, 9.17) is 16.3 Å². The fourth-order valence-corrected chi connectivity index (χ4v) is 2.65. The summed E-state index contributed by atoms with van der Waals surface area (Å²) in [7, 11) is 1.38. The van der Waals surface area contributed by atoms with Crippen LogP contribution in [0.15, 0.2) is 36.5 Å². The molecule has 0 atom stereocenters. The van der Waals surface area contributed by atoms with Crippen LogP contribution in [0.1, 0.15) is 47.4 Å². The highest BCUT2D eigenvalue weighted by atomic mass is 35.5. The van der Waals surface area contributed by atoms with E-state index in [1.165, 1.54) is 7.11 Å². The van der Waals surface area contributed by atoms with Gasteiger partial charge in [0, 0.05) is 11.8 Å². The lowest BCUT2D eigenvalue weighted by atomic mass is 9.93. The Kier molecular flexibility index (Phi) is 5.88. The Labute approximate surface area is 141 Å².